The Hall–Kier alpha value is -1.35. The lowest BCUT2D eigenvalue weighted by atomic mass is 9.93. The Bertz CT molecular complexity index is 363. The number of hydrogen-bond donors (Lipinski definition) is 2. The summed E-state index contributed by atoms with van der Waals surface area (Å²) in [5.74, 6) is 0.385. The molecule has 1 rings (SSSR count). The topological polar surface area (TPSA) is 55.1 Å². The third-order valence-electron chi connectivity index (χ3n) is 2.89. The van der Waals surface area contributed by atoms with E-state index in [1.54, 1.807) is 0 Å². The first-order valence-electron chi connectivity index (χ1n) is 6.20. The lowest BCUT2D eigenvalue weighted by Gasteiger charge is -2.15. The van der Waals surface area contributed by atoms with Crippen LogP contribution in [-0.4, -0.2) is 19.0 Å². The van der Waals surface area contributed by atoms with Gasteiger partial charge >= 0.3 is 0 Å². The maximum atomic E-state index is 11.4. The van der Waals surface area contributed by atoms with Crippen molar-refractivity contribution >= 4 is 5.91 Å². The van der Waals surface area contributed by atoms with Gasteiger partial charge in [-0.05, 0) is 38.3 Å². The molecular weight excluding hydrogens is 212 g/mol. The summed E-state index contributed by atoms with van der Waals surface area (Å²) in [5, 5.41) is 2.81. The van der Waals surface area contributed by atoms with E-state index >= 15 is 0 Å². The molecule has 1 aromatic rings. The van der Waals surface area contributed by atoms with Crippen LogP contribution in [0.15, 0.2) is 24.3 Å². The second-order valence-electron chi connectivity index (χ2n) is 4.34. The second-order valence-corrected chi connectivity index (χ2v) is 4.34. The molecule has 0 bridgehead atoms. The van der Waals surface area contributed by atoms with Gasteiger partial charge in [-0.3, -0.25) is 4.79 Å². The summed E-state index contributed by atoms with van der Waals surface area (Å²) in [5.41, 5.74) is 8.25. The molecule has 0 aliphatic heterocycles. The minimum Gasteiger partial charge on any atom is -0.356 e. The molecule has 0 aliphatic rings. The number of carbonyl (C=O) groups excluding carboxylic acids is 1. The number of rotatable bonds is 6. The predicted octanol–water partition coefficient (Wildman–Crippen LogP) is 1.95. The molecule has 1 aromatic carbocycles. The second kappa shape index (κ2) is 7.07. The fourth-order valence-electron chi connectivity index (χ4n) is 1.94. The van der Waals surface area contributed by atoms with Gasteiger partial charge in [0.15, 0.2) is 0 Å². The van der Waals surface area contributed by atoms with Crippen LogP contribution in [-0.2, 0) is 4.79 Å². The summed E-state index contributed by atoms with van der Waals surface area (Å²) in [6, 6.07) is 8.35. The van der Waals surface area contributed by atoms with Crippen molar-refractivity contribution in [3.05, 3.63) is 35.4 Å². The first kappa shape index (κ1) is 13.7. The largest absolute Gasteiger partial charge is 0.356 e. The van der Waals surface area contributed by atoms with E-state index < -0.39 is 0 Å². The van der Waals surface area contributed by atoms with E-state index in [0.717, 1.165) is 6.42 Å². The maximum absolute atomic E-state index is 11.4. The van der Waals surface area contributed by atoms with Gasteiger partial charge in [0.2, 0.25) is 5.91 Å². The van der Waals surface area contributed by atoms with Gasteiger partial charge in [0.25, 0.3) is 0 Å². The fourth-order valence-corrected chi connectivity index (χ4v) is 1.94. The standard InChI is InChI=1S/C14H22N2O/c1-3-16-14(17)8-7-13(10-15)12-6-4-5-11(2)9-12/h4-6,9,13H,3,7-8,10,15H2,1-2H3,(H,16,17). The minimum atomic E-state index is 0.110. The third kappa shape index (κ3) is 4.57. The normalized spacial score (nSPS) is 12.2. The third-order valence-corrected chi connectivity index (χ3v) is 2.89. The Kier molecular flexibility index (Phi) is 5.70. The Morgan fingerprint density at radius 3 is 2.82 bits per heavy atom. The van der Waals surface area contributed by atoms with E-state index in [0.29, 0.717) is 19.5 Å². The van der Waals surface area contributed by atoms with Crippen LogP contribution in [0.3, 0.4) is 0 Å². The molecule has 0 spiro atoms. The molecule has 1 atom stereocenters. The molecule has 0 heterocycles. The van der Waals surface area contributed by atoms with E-state index in [1.807, 2.05) is 13.0 Å². The zero-order valence-electron chi connectivity index (χ0n) is 10.7. The van der Waals surface area contributed by atoms with Crippen molar-refractivity contribution < 1.29 is 4.79 Å². The Balaban J connectivity index is 2.57. The average molecular weight is 234 g/mol. The van der Waals surface area contributed by atoms with E-state index in [-0.39, 0.29) is 11.8 Å². The molecule has 3 nitrogen and oxygen atoms in total. The van der Waals surface area contributed by atoms with Crippen LogP contribution in [0.2, 0.25) is 0 Å². The lowest BCUT2D eigenvalue weighted by Crippen LogP contribution is -2.24. The molecule has 1 unspecified atom stereocenters. The van der Waals surface area contributed by atoms with Crippen LogP contribution < -0.4 is 11.1 Å². The van der Waals surface area contributed by atoms with Gasteiger partial charge in [0, 0.05) is 13.0 Å². The molecule has 0 saturated heterocycles. The summed E-state index contributed by atoms with van der Waals surface area (Å²) < 4.78 is 0. The smallest absolute Gasteiger partial charge is 0.220 e. The zero-order valence-corrected chi connectivity index (χ0v) is 10.7. The molecule has 3 heteroatoms. The summed E-state index contributed by atoms with van der Waals surface area (Å²) >= 11 is 0. The molecule has 3 N–H and O–H groups in total. The first-order chi connectivity index (χ1) is 8.17. The number of nitrogens with two attached hydrogens (primary N) is 1. The van der Waals surface area contributed by atoms with E-state index in [4.69, 9.17) is 5.73 Å². The minimum absolute atomic E-state index is 0.110. The quantitative estimate of drug-likeness (QED) is 0.790. The van der Waals surface area contributed by atoms with Gasteiger partial charge in [-0.1, -0.05) is 29.8 Å². The highest BCUT2D eigenvalue weighted by Crippen LogP contribution is 2.20. The predicted molar refractivity (Wildman–Crippen MR) is 70.9 cm³/mol. The van der Waals surface area contributed by atoms with Gasteiger partial charge in [0.05, 0.1) is 0 Å². The van der Waals surface area contributed by atoms with Crippen molar-refractivity contribution in [2.75, 3.05) is 13.1 Å². The molecular formula is C14H22N2O. The molecule has 0 aliphatic carbocycles. The number of amides is 1. The highest BCUT2D eigenvalue weighted by atomic mass is 16.1. The molecule has 0 saturated carbocycles. The van der Waals surface area contributed by atoms with Gasteiger partial charge in [-0.15, -0.1) is 0 Å². The maximum Gasteiger partial charge on any atom is 0.220 e. The highest BCUT2D eigenvalue weighted by molar-refractivity contribution is 5.75. The number of hydrogen-bond acceptors (Lipinski definition) is 2. The van der Waals surface area contributed by atoms with Crippen LogP contribution in [0.4, 0.5) is 0 Å². The number of carbonyl (C=O) groups is 1. The van der Waals surface area contributed by atoms with Crippen molar-refractivity contribution in [2.24, 2.45) is 5.73 Å². The number of nitrogens with one attached hydrogen (secondary N) is 1. The Labute approximate surface area is 103 Å². The van der Waals surface area contributed by atoms with Crippen LogP contribution in [0.5, 0.6) is 0 Å². The summed E-state index contributed by atoms with van der Waals surface area (Å²) in [7, 11) is 0. The van der Waals surface area contributed by atoms with Crippen LogP contribution in [0, 0.1) is 6.92 Å². The summed E-state index contributed by atoms with van der Waals surface area (Å²) in [6.45, 7) is 5.28. The molecule has 0 radical (unpaired) electrons. The molecule has 1 amide bonds. The average Bonchev–Trinajstić information content (AvgIpc) is 2.30. The first-order valence-corrected chi connectivity index (χ1v) is 6.20. The van der Waals surface area contributed by atoms with Gasteiger partial charge in [-0.25, -0.2) is 0 Å². The van der Waals surface area contributed by atoms with E-state index in [2.05, 4.69) is 30.4 Å². The van der Waals surface area contributed by atoms with Crippen molar-refractivity contribution in [1.29, 1.82) is 0 Å². The van der Waals surface area contributed by atoms with E-state index in [9.17, 15) is 4.79 Å². The summed E-state index contributed by atoms with van der Waals surface area (Å²) in [4.78, 5) is 11.4. The lowest BCUT2D eigenvalue weighted by molar-refractivity contribution is -0.121. The Morgan fingerprint density at radius 1 is 1.47 bits per heavy atom. The molecule has 0 fully saturated rings. The van der Waals surface area contributed by atoms with Crippen molar-refractivity contribution in [3.63, 3.8) is 0 Å². The summed E-state index contributed by atoms with van der Waals surface area (Å²) in [6.07, 6.45) is 1.36. The highest BCUT2D eigenvalue weighted by Gasteiger charge is 2.11. The van der Waals surface area contributed by atoms with Crippen molar-refractivity contribution in [3.8, 4) is 0 Å². The Morgan fingerprint density at radius 2 is 2.24 bits per heavy atom. The molecule has 94 valence electrons. The van der Waals surface area contributed by atoms with Gasteiger partial charge in [-0.2, -0.15) is 0 Å². The number of benzene rings is 1. The van der Waals surface area contributed by atoms with Crippen LogP contribution in [0.25, 0.3) is 0 Å². The monoisotopic (exact) mass is 234 g/mol. The van der Waals surface area contributed by atoms with Crippen LogP contribution in [0.1, 0.15) is 36.8 Å². The van der Waals surface area contributed by atoms with Crippen molar-refractivity contribution in [2.45, 2.75) is 32.6 Å². The number of aryl methyl sites for hydroxylation is 1. The van der Waals surface area contributed by atoms with Crippen LogP contribution >= 0.6 is 0 Å². The SMILES string of the molecule is CCNC(=O)CCC(CN)c1cccc(C)c1. The van der Waals surface area contributed by atoms with Gasteiger partial charge in [0.1, 0.15) is 0 Å². The van der Waals surface area contributed by atoms with Crippen molar-refractivity contribution in [1.82, 2.24) is 5.32 Å². The fraction of sp³-hybridized carbons (Fsp3) is 0.500. The molecule has 17 heavy (non-hydrogen) atoms. The zero-order chi connectivity index (χ0) is 12.7. The van der Waals surface area contributed by atoms with E-state index in [1.165, 1.54) is 11.1 Å². The molecule has 0 aromatic heterocycles. The van der Waals surface area contributed by atoms with Gasteiger partial charge < -0.3 is 11.1 Å².